The van der Waals surface area contributed by atoms with E-state index in [1.54, 1.807) is 0 Å². The van der Waals surface area contributed by atoms with Gasteiger partial charge in [-0.1, -0.05) is 37.3 Å². The largest absolute Gasteiger partial charge is 0.355 e. The number of hydrogen-bond acceptors (Lipinski definition) is 2. The summed E-state index contributed by atoms with van der Waals surface area (Å²) in [6, 6.07) is 11.2. The van der Waals surface area contributed by atoms with Gasteiger partial charge in [-0.25, -0.2) is 0 Å². The summed E-state index contributed by atoms with van der Waals surface area (Å²) in [5.41, 5.74) is 1.38. The van der Waals surface area contributed by atoms with Crippen LogP contribution in [0.25, 0.3) is 0 Å². The van der Waals surface area contributed by atoms with Crippen LogP contribution < -0.4 is 5.32 Å². The van der Waals surface area contributed by atoms with E-state index in [0.29, 0.717) is 6.04 Å². The number of aliphatic imine (C=N–C) groups is 1. The molecule has 1 atom stereocenters. The van der Waals surface area contributed by atoms with Crippen LogP contribution >= 0.6 is 0 Å². The van der Waals surface area contributed by atoms with Gasteiger partial charge in [-0.2, -0.15) is 0 Å². The number of hydrogen-bond donors (Lipinski definition) is 1. The van der Waals surface area contributed by atoms with Crippen molar-refractivity contribution < 1.29 is 0 Å². The van der Waals surface area contributed by atoms with E-state index in [1.807, 2.05) is 7.05 Å². The fourth-order valence-corrected chi connectivity index (χ4v) is 3.09. The molecule has 1 N–H and O–H groups in total. The van der Waals surface area contributed by atoms with E-state index in [0.717, 1.165) is 37.9 Å². The highest BCUT2D eigenvalue weighted by Crippen LogP contribution is 2.16. The third-order valence-corrected chi connectivity index (χ3v) is 4.84. The molecule has 2 rings (SSSR count). The first kappa shape index (κ1) is 17.8. The Kier molecular flexibility index (Phi) is 6.90. The Balaban J connectivity index is 1.89. The van der Waals surface area contributed by atoms with E-state index >= 15 is 0 Å². The van der Waals surface area contributed by atoms with Crippen molar-refractivity contribution in [3.8, 4) is 0 Å². The van der Waals surface area contributed by atoms with Gasteiger partial charge in [-0.15, -0.1) is 0 Å². The van der Waals surface area contributed by atoms with E-state index in [4.69, 9.17) is 0 Å². The zero-order valence-electron chi connectivity index (χ0n) is 15.1. The number of likely N-dealkylation sites (tertiary alicyclic amines) is 1. The maximum atomic E-state index is 4.49. The Hall–Kier alpha value is -1.55. The van der Waals surface area contributed by atoms with Gasteiger partial charge in [0, 0.05) is 32.7 Å². The fourth-order valence-electron chi connectivity index (χ4n) is 3.09. The normalized spacial score (nSPS) is 18.3. The van der Waals surface area contributed by atoms with Crippen molar-refractivity contribution >= 4 is 5.96 Å². The maximum absolute atomic E-state index is 4.49. The van der Waals surface area contributed by atoms with Gasteiger partial charge in [0.1, 0.15) is 0 Å². The number of nitrogens with one attached hydrogen (secondary N) is 1. The van der Waals surface area contributed by atoms with Crippen LogP contribution in [0.3, 0.4) is 0 Å². The highest BCUT2D eigenvalue weighted by Gasteiger charge is 2.20. The van der Waals surface area contributed by atoms with Crippen LogP contribution in [0.4, 0.5) is 0 Å². The lowest BCUT2D eigenvalue weighted by Gasteiger charge is -2.34. The Morgan fingerprint density at radius 3 is 2.48 bits per heavy atom. The molecule has 0 amide bonds. The molecule has 0 spiro atoms. The Labute approximate surface area is 141 Å². The average Bonchev–Trinajstić information content (AvgIpc) is 2.56. The molecule has 23 heavy (non-hydrogen) atoms. The maximum Gasteiger partial charge on any atom is 0.193 e. The molecule has 1 aromatic carbocycles. The molecule has 4 nitrogen and oxygen atoms in total. The highest BCUT2D eigenvalue weighted by atomic mass is 15.3. The summed E-state index contributed by atoms with van der Waals surface area (Å²) < 4.78 is 0. The lowest BCUT2D eigenvalue weighted by molar-refractivity contribution is 0.262. The third-order valence-electron chi connectivity index (χ3n) is 4.84. The third kappa shape index (κ3) is 5.54. The summed E-state index contributed by atoms with van der Waals surface area (Å²) >= 11 is 0. The van der Waals surface area contributed by atoms with E-state index in [9.17, 15) is 0 Å². The first-order chi connectivity index (χ1) is 11.1. The minimum absolute atomic E-state index is 0.456. The second-order valence-electron chi connectivity index (χ2n) is 6.90. The number of piperidine rings is 1. The van der Waals surface area contributed by atoms with Crippen molar-refractivity contribution in [2.75, 3.05) is 40.8 Å². The lowest BCUT2D eigenvalue weighted by atomic mass is 9.99. The van der Waals surface area contributed by atoms with Crippen LogP contribution in [-0.4, -0.2) is 62.6 Å². The number of nitrogens with zero attached hydrogens (tertiary/aromatic N) is 3. The summed E-state index contributed by atoms with van der Waals surface area (Å²) in [6.07, 6.45) is 3.58. The monoisotopic (exact) mass is 316 g/mol. The summed E-state index contributed by atoms with van der Waals surface area (Å²) in [7, 11) is 6.20. The highest BCUT2D eigenvalue weighted by molar-refractivity contribution is 5.80. The van der Waals surface area contributed by atoms with Crippen molar-refractivity contribution in [3.05, 3.63) is 35.9 Å². The lowest BCUT2D eigenvalue weighted by Crippen LogP contribution is -2.49. The first-order valence-electron chi connectivity index (χ1n) is 8.76. The second-order valence-corrected chi connectivity index (χ2v) is 6.90. The SMILES string of the molecule is CN=C(NCC(Cc1ccccc1)N(C)C)N1CCC(C)CC1. The van der Waals surface area contributed by atoms with Gasteiger partial charge in [-0.05, 0) is 44.8 Å². The number of rotatable bonds is 5. The molecule has 0 saturated carbocycles. The van der Waals surface area contributed by atoms with Crippen molar-refractivity contribution in [1.82, 2.24) is 15.1 Å². The Morgan fingerprint density at radius 2 is 1.91 bits per heavy atom. The quantitative estimate of drug-likeness (QED) is 0.669. The van der Waals surface area contributed by atoms with Gasteiger partial charge < -0.3 is 15.1 Å². The van der Waals surface area contributed by atoms with Crippen molar-refractivity contribution in [1.29, 1.82) is 0 Å². The molecule has 4 heteroatoms. The van der Waals surface area contributed by atoms with Crippen molar-refractivity contribution in [3.63, 3.8) is 0 Å². The van der Waals surface area contributed by atoms with Crippen LogP contribution in [0, 0.1) is 5.92 Å². The molecular weight excluding hydrogens is 284 g/mol. The van der Waals surface area contributed by atoms with Crippen LogP contribution in [0.1, 0.15) is 25.3 Å². The molecule has 0 aliphatic carbocycles. The van der Waals surface area contributed by atoms with E-state index in [1.165, 1.54) is 18.4 Å². The van der Waals surface area contributed by atoms with E-state index < -0.39 is 0 Å². The van der Waals surface area contributed by atoms with Crippen LogP contribution in [0.15, 0.2) is 35.3 Å². The van der Waals surface area contributed by atoms with E-state index in [-0.39, 0.29) is 0 Å². The molecule has 1 unspecified atom stereocenters. The molecule has 128 valence electrons. The van der Waals surface area contributed by atoms with Gasteiger partial charge >= 0.3 is 0 Å². The molecule has 1 aliphatic heterocycles. The molecule has 1 aromatic rings. The second kappa shape index (κ2) is 8.92. The van der Waals surface area contributed by atoms with E-state index in [2.05, 4.69) is 71.5 Å². The summed E-state index contributed by atoms with van der Waals surface area (Å²) in [5, 5.41) is 3.59. The van der Waals surface area contributed by atoms with Gasteiger partial charge in [-0.3, -0.25) is 4.99 Å². The zero-order chi connectivity index (χ0) is 16.7. The number of likely N-dealkylation sites (N-methyl/N-ethyl adjacent to an activating group) is 1. The van der Waals surface area contributed by atoms with Gasteiger partial charge in [0.2, 0.25) is 0 Å². The molecule has 0 radical (unpaired) electrons. The predicted octanol–water partition coefficient (Wildman–Crippen LogP) is 2.47. The number of guanidine groups is 1. The summed E-state index contributed by atoms with van der Waals surface area (Å²) in [5.74, 6) is 1.90. The topological polar surface area (TPSA) is 30.9 Å². The van der Waals surface area contributed by atoms with Crippen LogP contribution in [-0.2, 0) is 6.42 Å². The molecule has 0 bridgehead atoms. The van der Waals surface area contributed by atoms with Gasteiger partial charge in [0.05, 0.1) is 0 Å². The molecular formula is C19H32N4. The summed E-state index contributed by atoms with van der Waals surface area (Å²) in [6.45, 7) is 5.49. The minimum atomic E-state index is 0.456. The van der Waals surface area contributed by atoms with Gasteiger partial charge in [0.25, 0.3) is 0 Å². The smallest absolute Gasteiger partial charge is 0.193 e. The summed E-state index contributed by atoms with van der Waals surface area (Å²) in [4.78, 5) is 9.18. The average molecular weight is 316 g/mol. The van der Waals surface area contributed by atoms with Crippen molar-refractivity contribution in [2.45, 2.75) is 32.2 Å². The molecule has 1 heterocycles. The molecule has 0 aromatic heterocycles. The Morgan fingerprint density at radius 1 is 1.26 bits per heavy atom. The fraction of sp³-hybridized carbons (Fsp3) is 0.632. The molecule has 1 saturated heterocycles. The van der Waals surface area contributed by atoms with Gasteiger partial charge in [0.15, 0.2) is 5.96 Å². The van der Waals surface area contributed by atoms with Crippen molar-refractivity contribution in [2.24, 2.45) is 10.9 Å². The standard InChI is InChI=1S/C19H32N4/c1-16-10-12-23(13-11-16)19(20-2)21-15-18(22(3)4)14-17-8-6-5-7-9-17/h5-9,16,18H,10-15H2,1-4H3,(H,20,21). The minimum Gasteiger partial charge on any atom is -0.355 e. The van der Waals surface area contributed by atoms with Crippen LogP contribution in [0.2, 0.25) is 0 Å². The Bertz CT molecular complexity index is 475. The first-order valence-corrected chi connectivity index (χ1v) is 8.76. The number of benzene rings is 1. The molecule has 1 aliphatic rings. The zero-order valence-corrected chi connectivity index (χ0v) is 15.1. The predicted molar refractivity (Wildman–Crippen MR) is 99.0 cm³/mol. The molecule has 1 fully saturated rings. The van der Waals surface area contributed by atoms with Crippen LogP contribution in [0.5, 0.6) is 0 Å².